The molecular weight excluding hydrogens is 316 g/mol. The van der Waals surface area contributed by atoms with Crippen LogP contribution in [0.2, 0.25) is 0 Å². The Hall–Kier alpha value is -3.13. The molecule has 128 valence electrons. The number of likely N-dealkylation sites (N-methyl/N-ethyl adjacent to an activating group) is 1. The number of nitrogens with zero attached hydrogens (tertiary/aromatic N) is 2. The zero-order valence-electron chi connectivity index (χ0n) is 14.3. The summed E-state index contributed by atoms with van der Waals surface area (Å²) in [6.45, 7) is 4.81. The molecule has 2 aromatic carbocycles. The van der Waals surface area contributed by atoms with Crippen molar-refractivity contribution in [2.75, 3.05) is 13.1 Å². The third-order valence-electron chi connectivity index (χ3n) is 3.85. The number of hydrogen-bond acceptors (Lipinski definition) is 4. The molecule has 0 heterocycles. The van der Waals surface area contributed by atoms with Crippen molar-refractivity contribution < 1.29 is 14.3 Å². The van der Waals surface area contributed by atoms with Gasteiger partial charge >= 0.3 is 5.97 Å². The van der Waals surface area contributed by atoms with E-state index in [-0.39, 0.29) is 11.5 Å². The first-order valence-electron chi connectivity index (χ1n) is 8.15. The average Bonchev–Trinajstić information content (AvgIpc) is 2.67. The topological polar surface area (TPSA) is 70.4 Å². The molecule has 5 nitrogen and oxygen atoms in total. The van der Waals surface area contributed by atoms with Gasteiger partial charge in [-0.15, -0.1) is 0 Å². The number of amides is 1. The number of esters is 1. The molecule has 25 heavy (non-hydrogen) atoms. The van der Waals surface area contributed by atoms with E-state index in [2.05, 4.69) is 0 Å². The first-order chi connectivity index (χ1) is 12.1. The van der Waals surface area contributed by atoms with Gasteiger partial charge in [0.15, 0.2) is 0 Å². The summed E-state index contributed by atoms with van der Waals surface area (Å²) in [5.41, 5.74) is 1.22. The zero-order chi connectivity index (χ0) is 18.2. The maximum atomic E-state index is 12.8. The number of hydrogen-bond donors (Lipinski definition) is 0. The molecule has 0 radical (unpaired) electrons. The summed E-state index contributed by atoms with van der Waals surface area (Å²) in [5, 5.41) is 8.97. The lowest BCUT2D eigenvalue weighted by Crippen LogP contribution is -2.36. The number of ether oxygens (including phenoxy) is 1. The van der Waals surface area contributed by atoms with Gasteiger partial charge in [0.25, 0.3) is 5.91 Å². The van der Waals surface area contributed by atoms with E-state index < -0.39 is 12.1 Å². The second-order valence-corrected chi connectivity index (χ2v) is 5.40. The van der Waals surface area contributed by atoms with E-state index in [0.717, 1.165) is 0 Å². The molecule has 0 saturated carbocycles. The number of rotatable bonds is 6. The number of carbonyl (C=O) groups is 2. The van der Waals surface area contributed by atoms with Gasteiger partial charge in [-0.2, -0.15) is 5.26 Å². The lowest BCUT2D eigenvalue weighted by atomic mass is 10.1. The van der Waals surface area contributed by atoms with Crippen LogP contribution < -0.4 is 0 Å². The summed E-state index contributed by atoms with van der Waals surface area (Å²) in [5.74, 6) is -0.896. The minimum atomic E-state index is -1.01. The number of carbonyl (C=O) groups excluding carboxylic acids is 2. The van der Waals surface area contributed by atoms with Gasteiger partial charge < -0.3 is 9.64 Å². The third kappa shape index (κ3) is 4.45. The molecule has 1 amide bonds. The minimum Gasteiger partial charge on any atom is -0.444 e. The Kier molecular flexibility index (Phi) is 6.30. The monoisotopic (exact) mass is 336 g/mol. The molecule has 0 aliphatic heterocycles. The van der Waals surface area contributed by atoms with Gasteiger partial charge in [-0.3, -0.25) is 4.79 Å². The Morgan fingerprint density at radius 2 is 1.76 bits per heavy atom. The molecule has 2 rings (SSSR count). The van der Waals surface area contributed by atoms with Crippen LogP contribution in [0.3, 0.4) is 0 Å². The maximum Gasteiger partial charge on any atom is 0.339 e. The molecule has 0 saturated heterocycles. The van der Waals surface area contributed by atoms with Gasteiger partial charge in [-0.25, -0.2) is 4.79 Å². The van der Waals surface area contributed by atoms with Crippen LogP contribution in [0.15, 0.2) is 54.6 Å². The highest BCUT2D eigenvalue weighted by atomic mass is 16.5. The minimum absolute atomic E-state index is 0.243. The van der Waals surface area contributed by atoms with Crippen molar-refractivity contribution >= 4 is 11.9 Å². The second-order valence-electron chi connectivity index (χ2n) is 5.40. The summed E-state index contributed by atoms with van der Waals surface area (Å²) < 4.78 is 5.53. The molecule has 0 bridgehead atoms. The van der Waals surface area contributed by atoms with Crippen molar-refractivity contribution in [3.05, 3.63) is 71.3 Å². The van der Waals surface area contributed by atoms with Crippen LogP contribution in [-0.4, -0.2) is 29.9 Å². The van der Waals surface area contributed by atoms with Crippen molar-refractivity contribution in [2.45, 2.75) is 20.0 Å². The van der Waals surface area contributed by atoms with Crippen LogP contribution in [0.4, 0.5) is 0 Å². The fraction of sp³-hybridized carbons (Fsp3) is 0.250. The first-order valence-corrected chi connectivity index (χ1v) is 8.15. The lowest BCUT2D eigenvalue weighted by Gasteiger charge is -2.25. The Morgan fingerprint density at radius 3 is 2.36 bits per heavy atom. The highest BCUT2D eigenvalue weighted by molar-refractivity contribution is 5.93. The van der Waals surface area contributed by atoms with Gasteiger partial charge in [0.1, 0.15) is 0 Å². The maximum absolute atomic E-state index is 12.8. The average molecular weight is 336 g/mol. The van der Waals surface area contributed by atoms with E-state index in [1.807, 2.05) is 26.0 Å². The SMILES string of the molecule is CCN(CC)C(=O)[C@@H](OC(=O)c1cccc(C#N)c1)c1ccccc1. The predicted octanol–water partition coefficient (Wildman–Crippen LogP) is 3.32. The summed E-state index contributed by atoms with van der Waals surface area (Å²) in [7, 11) is 0. The summed E-state index contributed by atoms with van der Waals surface area (Å²) in [4.78, 5) is 26.9. The van der Waals surface area contributed by atoms with Crippen LogP contribution in [-0.2, 0) is 9.53 Å². The number of benzene rings is 2. The Morgan fingerprint density at radius 1 is 1.08 bits per heavy atom. The standard InChI is InChI=1S/C20H20N2O3/c1-3-22(4-2)19(23)18(16-10-6-5-7-11-16)25-20(24)17-12-8-9-15(13-17)14-21/h5-13,18H,3-4H2,1-2H3/t18-/m0/s1. The van der Waals surface area contributed by atoms with Crippen molar-refractivity contribution in [3.63, 3.8) is 0 Å². The second kappa shape index (κ2) is 8.65. The number of nitriles is 1. The van der Waals surface area contributed by atoms with Gasteiger partial charge in [0.05, 0.1) is 17.2 Å². The highest BCUT2D eigenvalue weighted by Gasteiger charge is 2.28. The van der Waals surface area contributed by atoms with Crippen molar-refractivity contribution in [1.82, 2.24) is 4.90 Å². The van der Waals surface area contributed by atoms with Crippen LogP contribution >= 0.6 is 0 Å². The fourth-order valence-corrected chi connectivity index (χ4v) is 2.48. The van der Waals surface area contributed by atoms with Crippen molar-refractivity contribution in [2.24, 2.45) is 0 Å². The zero-order valence-corrected chi connectivity index (χ0v) is 14.3. The van der Waals surface area contributed by atoms with E-state index in [1.165, 1.54) is 6.07 Å². The molecule has 1 atom stereocenters. The van der Waals surface area contributed by atoms with E-state index in [4.69, 9.17) is 10.00 Å². The van der Waals surface area contributed by atoms with Crippen LogP contribution in [0, 0.1) is 11.3 Å². The normalized spacial score (nSPS) is 11.2. The molecule has 5 heteroatoms. The Balaban J connectivity index is 2.31. The summed E-state index contributed by atoms with van der Waals surface area (Å²) in [6.07, 6.45) is -1.01. The van der Waals surface area contributed by atoms with Crippen molar-refractivity contribution in [1.29, 1.82) is 5.26 Å². The van der Waals surface area contributed by atoms with E-state index in [1.54, 1.807) is 47.4 Å². The molecule has 0 aliphatic carbocycles. The van der Waals surface area contributed by atoms with Crippen LogP contribution in [0.25, 0.3) is 0 Å². The van der Waals surface area contributed by atoms with Crippen molar-refractivity contribution in [3.8, 4) is 6.07 Å². The lowest BCUT2D eigenvalue weighted by molar-refractivity contribution is -0.140. The van der Waals surface area contributed by atoms with E-state index in [0.29, 0.717) is 24.2 Å². The van der Waals surface area contributed by atoms with Crippen LogP contribution in [0.1, 0.15) is 41.4 Å². The molecule has 0 fully saturated rings. The van der Waals surface area contributed by atoms with E-state index in [9.17, 15) is 9.59 Å². The molecular formula is C20H20N2O3. The fourth-order valence-electron chi connectivity index (χ4n) is 2.48. The molecule has 0 N–H and O–H groups in total. The van der Waals surface area contributed by atoms with Gasteiger partial charge in [0, 0.05) is 18.7 Å². The van der Waals surface area contributed by atoms with Gasteiger partial charge in [-0.1, -0.05) is 36.4 Å². The smallest absolute Gasteiger partial charge is 0.339 e. The quantitative estimate of drug-likeness (QED) is 0.759. The molecule has 0 spiro atoms. The Bertz CT molecular complexity index is 777. The highest BCUT2D eigenvalue weighted by Crippen LogP contribution is 2.22. The molecule has 2 aromatic rings. The van der Waals surface area contributed by atoms with Gasteiger partial charge in [0.2, 0.25) is 6.10 Å². The van der Waals surface area contributed by atoms with Gasteiger partial charge in [-0.05, 0) is 32.0 Å². The molecule has 0 unspecified atom stereocenters. The van der Waals surface area contributed by atoms with E-state index >= 15 is 0 Å². The molecule has 0 aliphatic rings. The predicted molar refractivity (Wildman–Crippen MR) is 93.7 cm³/mol. The Labute approximate surface area is 147 Å². The summed E-state index contributed by atoms with van der Waals surface area (Å²) in [6, 6.07) is 17.1. The summed E-state index contributed by atoms with van der Waals surface area (Å²) >= 11 is 0. The first kappa shape index (κ1) is 18.2. The largest absolute Gasteiger partial charge is 0.444 e. The third-order valence-corrected chi connectivity index (χ3v) is 3.85. The molecule has 0 aromatic heterocycles. The van der Waals surface area contributed by atoms with Crippen LogP contribution in [0.5, 0.6) is 0 Å².